The van der Waals surface area contributed by atoms with Crippen LogP contribution in [0, 0.1) is 5.92 Å². The number of methoxy groups -OCH3 is 1. The Morgan fingerprint density at radius 1 is 1.33 bits per heavy atom. The van der Waals surface area contributed by atoms with Crippen LogP contribution in [0.3, 0.4) is 0 Å². The summed E-state index contributed by atoms with van der Waals surface area (Å²) in [6.45, 7) is 4.08. The minimum Gasteiger partial charge on any atom is -0.478 e. The topological polar surface area (TPSA) is 35.5 Å². The van der Waals surface area contributed by atoms with Crippen molar-refractivity contribution in [3.8, 4) is 5.75 Å². The third-order valence-electron chi connectivity index (χ3n) is 2.31. The van der Waals surface area contributed by atoms with Crippen molar-refractivity contribution in [3.63, 3.8) is 0 Å². The summed E-state index contributed by atoms with van der Waals surface area (Å²) in [6.07, 6.45) is 0.0438. The van der Waals surface area contributed by atoms with Gasteiger partial charge in [0.1, 0.15) is 5.75 Å². The standard InChI is InChI=1S/C13H16Br2O3/c1-8(2)6-12(13(16)17-3)18-11-5-4-9(14)7-10(11)15/h4-5,7-8,12H,6H2,1-3H3/t12-/m0/s1. The summed E-state index contributed by atoms with van der Waals surface area (Å²) < 4.78 is 12.2. The van der Waals surface area contributed by atoms with Crippen molar-refractivity contribution < 1.29 is 14.3 Å². The third kappa shape index (κ3) is 4.61. The first kappa shape index (κ1) is 15.5. The van der Waals surface area contributed by atoms with Crippen LogP contribution in [0.25, 0.3) is 0 Å². The first-order valence-corrected chi connectivity index (χ1v) is 7.22. The number of carbonyl (C=O) groups excluding carboxylic acids is 1. The van der Waals surface area contributed by atoms with Crippen molar-refractivity contribution in [3.05, 3.63) is 27.1 Å². The SMILES string of the molecule is COC(=O)[C@H](CC(C)C)Oc1ccc(Br)cc1Br. The largest absolute Gasteiger partial charge is 0.478 e. The quantitative estimate of drug-likeness (QED) is 0.720. The summed E-state index contributed by atoms with van der Waals surface area (Å²) in [5.74, 6) is 0.635. The van der Waals surface area contributed by atoms with Crippen LogP contribution in [-0.2, 0) is 9.53 Å². The van der Waals surface area contributed by atoms with E-state index in [-0.39, 0.29) is 5.97 Å². The van der Waals surface area contributed by atoms with Gasteiger partial charge in [0.25, 0.3) is 0 Å². The molecule has 0 aliphatic heterocycles. The van der Waals surface area contributed by atoms with Gasteiger partial charge in [0.05, 0.1) is 11.6 Å². The molecule has 1 aromatic rings. The average molecular weight is 380 g/mol. The number of rotatable bonds is 5. The number of carbonyl (C=O) groups is 1. The normalized spacial score (nSPS) is 12.3. The molecule has 0 aliphatic carbocycles. The van der Waals surface area contributed by atoms with Gasteiger partial charge < -0.3 is 9.47 Å². The van der Waals surface area contributed by atoms with Gasteiger partial charge in [-0.25, -0.2) is 4.79 Å². The van der Waals surface area contributed by atoms with E-state index in [0.717, 1.165) is 8.95 Å². The zero-order chi connectivity index (χ0) is 13.7. The van der Waals surface area contributed by atoms with Crippen molar-refractivity contribution in [2.45, 2.75) is 26.4 Å². The number of esters is 1. The van der Waals surface area contributed by atoms with Gasteiger partial charge >= 0.3 is 5.97 Å². The van der Waals surface area contributed by atoms with E-state index in [4.69, 9.17) is 9.47 Å². The fraction of sp³-hybridized carbons (Fsp3) is 0.462. The maximum atomic E-state index is 11.7. The van der Waals surface area contributed by atoms with Gasteiger partial charge in [0.2, 0.25) is 0 Å². The monoisotopic (exact) mass is 378 g/mol. The molecule has 1 aromatic carbocycles. The van der Waals surface area contributed by atoms with Gasteiger partial charge in [-0.2, -0.15) is 0 Å². The molecule has 0 heterocycles. The molecule has 100 valence electrons. The van der Waals surface area contributed by atoms with Crippen LogP contribution in [0.4, 0.5) is 0 Å². The second-order valence-electron chi connectivity index (χ2n) is 4.33. The number of ether oxygens (including phenoxy) is 2. The Morgan fingerprint density at radius 3 is 2.50 bits per heavy atom. The molecule has 0 aliphatic rings. The highest BCUT2D eigenvalue weighted by molar-refractivity contribution is 9.11. The van der Waals surface area contributed by atoms with Crippen molar-refractivity contribution in [1.82, 2.24) is 0 Å². The van der Waals surface area contributed by atoms with Crippen LogP contribution >= 0.6 is 31.9 Å². The highest BCUT2D eigenvalue weighted by Gasteiger charge is 2.23. The number of benzene rings is 1. The van der Waals surface area contributed by atoms with E-state index in [1.807, 2.05) is 32.0 Å². The maximum Gasteiger partial charge on any atom is 0.347 e. The van der Waals surface area contributed by atoms with Crippen molar-refractivity contribution in [2.24, 2.45) is 5.92 Å². The predicted octanol–water partition coefficient (Wildman–Crippen LogP) is 4.18. The van der Waals surface area contributed by atoms with Crippen molar-refractivity contribution >= 4 is 37.8 Å². The molecular formula is C13H16Br2O3. The van der Waals surface area contributed by atoms with E-state index in [1.165, 1.54) is 7.11 Å². The fourth-order valence-electron chi connectivity index (χ4n) is 1.48. The Morgan fingerprint density at radius 2 is 2.00 bits per heavy atom. The predicted molar refractivity (Wildman–Crippen MR) is 77.7 cm³/mol. The maximum absolute atomic E-state index is 11.7. The van der Waals surface area contributed by atoms with Gasteiger partial charge in [-0.05, 0) is 46.5 Å². The molecule has 0 saturated carbocycles. The van der Waals surface area contributed by atoms with Gasteiger partial charge in [-0.3, -0.25) is 0 Å². The summed E-state index contributed by atoms with van der Waals surface area (Å²) in [5, 5.41) is 0. The molecule has 0 radical (unpaired) electrons. The first-order valence-electron chi connectivity index (χ1n) is 5.63. The molecule has 0 amide bonds. The fourth-order valence-corrected chi connectivity index (χ4v) is 2.62. The molecule has 0 bridgehead atoms. The molecular weight excluding hydrogens is 364 g/mol. The lowest BCUT2D eigenvalue weighted by molar-refractivity contribution is -0.149. The van der Waals surface area contributed by atoms with Crippen LogP contribution < -0.4 is 4.74 Å². The Bertz CT molecular complexity index is 419. The molecule has 1 atom stereocenters. The minimum absolute atomic E-state index is 0.349. The number of halogens is 2. The Kier molecular flexibility index (Phi) is 6.15. The smallest absolute Gasteiger partial charge is 0.347 e. The summed E-state index contributed by atoms with van der Waals surface area (Å²) in [5.41, 5.74) is 0. The van der Waals surface area contributed by atoms with Crippen LogP contribution in [0.5, 0.6) is 5.75 Å². The van der Waals surface area contributed by atoms with E-state index in [1.54, 1.807) is 0 Å². The van der Waals surface area contributed by atoms with E-state index >= 15 is 0 Å². The number of hydrogen-bond acceptors (Lipinski definition) is 3. The second-order valence-corrected chi connectivity index (χ2v) is 6.10. The molecule has 0 aromatic heterocycles. The molecule has 18 heavy (non-hydrogen) atoms. The van der Waals surface area contributed by atoms with Crippen LogP contribution in [-0.4, -0.2) is 19.2 Å². The molecule has 0 unspecified atom stereocenters. The Hall–Kier alpha value is -0.550. The summed E-state index contributed by atoms with van der Waals surface area (Å²) in [6, 6.07) is 5.55. The minimum atomic E-state index is -0.576. The molecule has 5 heteroatoms. The Balaban J connectivity index is 2.85. The molecule has 0 N–H and O–H groups in total. The highest BCUT2D eigenvalue weighted by atomic mass is 79.9. The highest BCUT2D eigenvalue weighted by Crippen LogP contribution is 2.29. The second kappa shape index (κ2) is 7.14. The van der Waals surface area contributed by atoms with Crippen LogP contribution in [0.15, 0.2) is 27.1 Å². The van der Waals surface area contributed by atoms with Gasteiger partial charge in [0.15, 0.2) is 6.10 Å². The molecule has 1 rings (SSSR count). The van der Waals surface area contributed by atoms with E-state index in [0.29, 0.717) is 18.1 Å². The average Bonchev–Trinajstić information content (AvgIpc) is 2.30. The van der Waals surface area contributed by atoms with Gasteiger partial charge in [0, 0.05) is 4.47 Å². The third-order valence-corrected chi connectivity index (χ3v) is 3.43. The zero-order valence-electron chi connectivity index (χ0n) is 10.6. The van der Waals surface area contributed by atoms with Gasteiger partial charge in [-0.15, -0.1) is 0 Å². The zero-order valence-corrected chi connectivity index (χ0v) is 13.7. The Labute approximate surface area is 124 Å². The summed E-state index contributed by atoms with van der Waals surface area (Å²) in [4.78, 5) is 11.7. The lowest BCUT2D eigenvalue weighted by Crippen LogP contribution is -2.30. The molecule has 0 saturated heterocycles. The van der Waals surface area contributed by atoms with Gasteiger partial charge in [-0.1, -0.05) is 29.8 Å². The molecule has 3 nitrogen and oxygen atoms in total. The lowest BCUT2D eigenvalue weighted by Gasteiger charge is -2.19. The first-order chi connectivity index (χ1) is 8.43. The summed E-state index contributed by atoms with van der Waals surface area (Å²) in [7, 11) is 1.37. The molecule has 0 fully saturated rings. The van der Waals surface area contributed by atoms with Crippen molar-refractivity contribution in [1.29, 1.82) is 0 Å². The van der Waals surface area contributed by atoms with Crippen LogP contribution in [0.2, 0.25) is 0 Å². The number of hydrogen-bond donors (Lipinski definition) is 0. The van der Waals surface area contributed by atoms with Crippen LogP contribution in [0.1, 0.15) is 20.3 Å². The summed E-state index contributed by atoms with van der Waals surface area (Å²) >= 11 is 6.77. The van der Waals surface area contributed by atoms with E-state index in [2.05, 4.69) is 31.9 Å². The van der Waals surface area contributed by atoms with E-state index in [9.17, 15) is 4.79 Å². The van der Waals surface area contributed by atoms with Crippen molar-refractivity contribution in [2.75, 3.05) is 7.11 Å². The van der Waals surface area contributed by atoms with E-state index < -0.39 is 6.10 Å². The lowest BCUT2D eigenvalue weighted by atomic mass is 10.1. The molecule has 0 spiro atoms.